The Balaban J connectivity index is 1.76. The van der Waals surface area contributed by atoms with Gasteiger partial charge in [-0.1, -0.05) is 97.2 Å². The summed E-state index contributed by atoms with van der Waals surface area (Å²) in [6.07, 6.45) is 1.93. The molecule has 4 aromatic rings. The Labute approximate surface area is 269 Å². The van der Waals surface area contributed by atoms with Crippen LogP contribution in [0.3, 0.4) is 0 Å². The van der Waals surface area contributed by atoms with Crippen LogP contribution in [0.5, 0.6) is 0 Å². The molecule has 7 nitrogen and oxygen atoms in total. The molecule has 0 heterocycles. The van der Waals surface area contributed by atoms with Crippen LogP contribution in [0, 0.1) is 0 Å². The van der Waals surface area contributed by atoms with Gasteiger partial charge in [0.1, 0.15) is 12.6 Å². The van der Waals surface area contributed by atoms with E-state index in [9.17, 15) is 18.0 Å². The average Bonchev–Trinajstić information content (AvgIpc) is 3.03. The Kier molecular flexibility index (Phi) is 11.8. The summed E-state index contributed by atoms with van der Waals surface area (Å²) < 4.78 is 29.0. The lowest BCUT2D eigenvalue weighted by atomic mass is 10.0. The number of rotatable bonds is 14. The summed E-state index contributed by atoms with van der Waals surface area (Å²) in [6.45, 7) is 2.03. The molecule has 1 N–H and O–H groups in total. The SMILES string of the molecule is CCCCNC(=O)[C@H](Cc1ccccc1)N(Cc1ccc(Cl)cc1)C(=O)CN(c1ccccc1)S(=O)(=O)c1ccc(Cl)cc1. The highest BCUT2D eigenvalue weighted by molar-refractivity contribution is 7.92. The van der Waals surface area contributed by atoms with Gasteiger partial charge in [-0.15, -0.1) is 0 Å². The molecule has 0 fully saturated rings. The summed E-state index contributed by atoms with van der Waals surface area (Å²) in [6, 6.07) is 29.8. The first-order valence-corrected chi connectivity index (χ1v) is 16.6. The Morgan fingerprint density at radius 2 is 1.34 bits per heavy atom. The van der Waals surface area contributed by atoms with E-state index in [1.54, 1.807) is 54.6 Å². The van der Waals surface area contributed by atoms with E-state index in [1.165, 1.54) is 29.2 Å². The molecule has 0 saturated carbocycles. The van der Waals surface area contributed by atoms with E-state index in [1.807, 2.05) is 37.3 Å². The smallest absolute Gasteiger partial charge is 0.264 e. The molecule has 0 spiro atoms. The van der Waals surface area contributed by atoms with E-state index < -0.39 is 28.5 Å². The van der Waals surface area contributed by atoms with E-state index in [0.29, 0.717) is 22.3 Å². The molecule has 4 aromatic carbocycles. The second-order valence-electron chi connectivity index (χ2n) is 10.3. The summed E-state index contributed by atoms with van der Waals surface area (Å²) in [5, 5.41) is 3.91. The quantitative estimate of drug-likeness (QED) is 0.153. The van der Waals surface area contributed by atoms with Gasteiger partial charge >= 0.3 is 0 Å². The Hall–Kier alpha value is -3.85. The van der Waals surface area contributed by atoms with Crippen molar-refractivity contribution in [3.63, 3.8) is 0 Å². The lowest BCUT2D eigenvalue weighted by molar-refractivity contribution is -0.140. The highest BCUT2D eigenvalue weighted by Gasteiger charge is 2.34. The molecule has 0 aliphatic rings. The molecule has 0 aromatic heterocycles. The molecule has 2 amide bonds. The normalized spacial score (nSPS) is 11.9. The van der Waals surface area contributed by atoms with Crippen molar-refractivity contribution in [2.45, 2.75) is 43.7 Å². The molecular formula is C34H35Cl2N3O4S. The molecule has 4 rings (SSSR count). The fourth-order valence-corrected chi connectivity index (χ4v) is 6.37. The van der Waals surface area contributed by atoms with Gasteiger partial charge in [0.25, 0.3) is 10.0 Å². The van der Waals surface area contributed by atoms with Gasteiger partial charge in [0.15, 0.2) is 0 Å². The first kappa shape index (κ1) is 33.1. The molecule has 0 bridgehead atoms. The number of amides is 2. The molecule has 0 radical (unpaired) electrons. The van der Waals surface area contributed by atoms with E-state index in [-0.39, 0.29) is 23.8 Å². The number of halogens is 2. The lowest BCUT2D eigenvalue weighted by Gasteiger charge is -2.34. The molecule has 230 valence electrons. The van der Waals surface area contributed by atoms with Crippen LogP contribution in [0.2, 0.25) is 10.0 Å². The number of carbonyl (C=O) groups is 2. The van der Waals surface area contributed by atoms with Gasteiger partial charge in [0.05, 0.1) is 10.6 Å². The molecule has 1 atom stereocenters. The van der Waals surface area contributed by atoms with Crippen LogP contribution in [-0.2, 0) is 32.6 Å². The van der Waals surface area contributed by atoms with Gasteiger partial charge in [0, 0.05) is 29.6 Å². The van der Waals surface area contributed by atoms with Gasteiger partial charge in [-0.05, 0) is 66.1 Å². The van der Waals surface area contributed by atoms with Crippen LogP contribution in [0.25, 0.3) is 0 Å². The standard InChI is InChI=1S/C34H35Cl2N3O4S/c1-2-3-22-37-34(41)32(23-26-10-6-4-7-11-26)38(24-27-14-16-28(35)17-15-27)33(40)25-39(30-12-8-5-9-13-30)44(42,43)31-20-18-29(36)19-21-31/h4-21,32H,2-3,22-25H2,1H3,(H,37,41)/t32-/m0/s1. The number of anilines is 1. The van der Waals surface area contributed by atoms with E-state index in [2.05, 4.69) is 5.32 Å². The number of nitrogens with zero attached hydrogens (tertiary/aromatic N) is 2. The highest BCUT2D eigenvalue weighted by atomic mass is 35.5. The summed E-state index contributed by atoms with van der Waals surface area (Å²) in [5.74, 6) is -0.843. The Bertz CT molecular complexity index is 1620. The van der Waals surface area contributed by atoms with Crippen LogP contribution in [0.15, 0.2) is 114 Å². The van der Waals surface area contributed by atoms with E-state index in [4.69, 9.17) is 23.2 Å². The van der Waals surface area contributed by atoms with Gasteiger partial charge in [0.2, 0.25) is 11.8 Å². The lowest BCUT2D eigenvalue weighted by Crippen LogP contribution is -2.53. The first-order valence-electron chi connectivity index (χ1n) is 14.4. The van der Waals surface area contributed by atoms with Gasteiger partial charge in [-0.25, -0.2) is 8.42 Å². The maximum absolute atomic E-state index is 14.4. The average molecular weight is 653 g/mol. The number of hydrogen-bond donors (Lipinski definition) is 1. The maximum Gasteiger partial charge on any atom is 0.264 e. The molecule has 10 heteroatoms. The minimum Gasteiger partial charge on any atom is -0.354 e. The summed E-state index contributed by atoms with van der Waals surface area (Å²) in [4.78, 5) is 29.6. The number of unbranched alkanes of at least 4 members (excludes halogenated alkanes) is 1. The number of nitrogens with one attached hydrogen (secondary N) is 1. The monoisotopic (exact) mass is 651 g/mol. The van der Waals surface area contributed by atoms with Crippen LogP contribution in [-0.4, -0.2) is 44.3 Å². The predicted octanol–water partition coefficient (Wildman–Crippen LogP) is 6.75. The number of carbonyl (C=O) groups excluding carboxylic acids is 2. The van der Waals surface area contributed by atoms with Gasteiger partial charge in [-0.2, -0.15) is 0 Å². The molecule has 0 saturated heterocycles. The summed E-state index contributed by atoms with van der Waals surface area (Å²) in [5.41, 5.74) is 1.92. The third kappa shape index (κ3) is 8.85. The van der Waals surface area contributed by atoms with Crippen molar-refractivity contribution in [1.82, 2.24) is 10.2 Å². The maximum atomic E-state index is 14.4. The zero-order valence-electron chi connectivity index (χ0n) is 24.4. The second kappa shape index (κ2) is 15.7. The Morgan fingerprint density at radius 1 is 0.773 bits per heavy atom. The van der Waals surface area contributed by atoms with Crippen molar-refractivity contribution in [3.8, 4) is 0 Å². The zero-order valence-corrected chi connectivity index (χ0v) is 26.7. The van der Waals surface area contributed by atoms with Crippen molar-refractivity contribution in [1.29, 1.82) is 0 Å². The molecular weight excluding hydrogens is 617 g/mol. The van der Waals surface area contributed by atoms with Crippen molar-refractivity contribution < 1.29 is 18.0 Å². The van der Waals surface area contributed by atoms with Gasteiger partial charge < -0.3 is 10.2 Å². The number of sulfonamides is 1. The van der Waals surface area contributed by atoms with Crippen molar-refractivity contribution in [2.75, 3.05) is 17.4 Å². The highest BCUT2D eigenvalue weighted by Crippen LogP contribution is 2.26. The minimum atomic E-state index is -4.19. The summed E-state index contributed by atoms with van der Waals surface area (Å²) >= 11 is 12.2. The molecule has 44 heavy (non-hydrogen) atoms. The molecule has 0 unspecified atom stereocenters. The fourth-order valence-electron chi connectivity index (χ4n) is 4.70. The molecule has 0 aliphatic carbocycles. The summed E-state index contributed by atoms with van der Waals surface area (Å²) in [7, 11) is -4.19. The van der Waals surface area contributed by atoms with Gasteiger partial charge in [-0.3, -0.25) is 13.9 Å². The van der Waals surface area contributed by atoms with Crippen molar-refractivity contribution in [3.05, 3.63) is 130 Å². The number of para-hydroxylation sites is 1. The van der Waals surface area contributed by atoms with Crippen LogP contribution in [0.4, 0.5) is 5.69 Å². The Morgan fingerprint density at radius 3 is 1.93 bits per heavy atom. The predicted molar refractivity (Wildman–Crippen MR) is 176 cm³/mol. The third-order valence-electron chi connectivity index (χ3n) is 7.09. The second-order valence-corrected chi connectivity index (χ2v) is 13.0. The van der Waals surface area contributed by atoms with Crippen LogP contribution >= 0.6 is 23.2 Å². The topological polar surface area (TPSA) is 86.8 Å². The van der Waals surface area contributed by atoms with Crippen LogP contribution in [0.1, 0.15) is 30.9 Å². The van der Waals surface area contributed by atoms with E-state index in [0.717, 1.165) is 28.3 Å². The third-order valence-corrected chi connectivity index (χ3v) is 9.38. The first-order chi connectivity index (χ1) is 21.2. The molecule has 0 aliphatic heterocycles. The van der Waals surface area contributed by atoms with Crippen molar-refractivity contribution >= 4 is 50.7 Å². The fraction of sp³-hybridized carbons (Fsp3) is 0.235. The van der Waals surface area contributed by atoms with E-state index >= 15 is 0 Å². The number of hydrogen-bond acceptors (Lipinski definition) is 4. The zero-order chi connectivity index (χ0) is 31.5. The largest absolute Gasteiger partial charge is 0.354 e. The van der Waals surface area contributed by atoms with Crippen molar-refractivity contribution in [2.24, 2.45) is 0 Å². The van der Waals surface area contributed by atoms with Crippen LogP contribution < -0.4 is 9.62 Å². The number of benzene rings is 4. The minimum absolute atomic E-state index is 0.0130.